The normalized spacial score (nSPS) is 25.4. The maximum atomic E-state index is 12.1. The summed E-state index contributed by atoms with van der Waals surface area (Å²) < 4.78 is 0. The largest absolute Gasteiger partial charge is 0.394 e. The van der Waals surface area contributed by atoms with Crippen LogP contribution >= 0.6 is 0 Å². The molecule has 2 amide bonds. The van der Waals surface area contributed by atoms with Crippen molar-refractivity contribution in [3.8, 4) is 0 Å². The molecule has 2 aliphatic carbocycles. The van der Waals surface area contributed by atoms with Gasteiger partial charge in [-0.1, -0.05) is 19.3 Å². The summed E-state index contributed by atoms with van der Waals surface area (Å²) in [5.41, 5.74) is -0.448. The van der Waals surface area contributed by atoms with E-state index in [0.717, 1.165) is 12.8 Å². The lowest BCUT2D eigenvalue weighted by Gasteiger charge is -2.32. The molecule has 2 saturated carbocycles. The Hall–Kier alpha value is -0.770. The van der Waals surface area contributed by atoms with Crippen LogP contribution in [0.5, 0.6) is 0 Å². The van der Waals surface area contributed by atoms with Crippen molar-refractivity contribution in [1.29, 1.82) is 0 Å². The lowest BCUT2D eigenvalue weighted by Crippen LogP contribution is -2.56. The second-order valence-corrected chi connectivity index (χ2v) is 6.64. The molecule has 0 radical (unpaired) electrons. The molecule has 2 fully saturated rings. The van der Waals surface area contributed by atoms with E-state index in [1.54, 1.807) is 0 Å². The number of aliphatic hydroxyl groups excluding tert-OH is 1. The van der Waals surface area contributed by atoms with E-state index in [2.05, 4.69) is 17.6 Å². The van der Waals surface area contributed by atoms with Gasteiger partial charge in [0.25, 0.3) is 0 Å². The average Bonchev–Trinajstić information content (AvgIpc) is 3.24. The summed E-state index contributed by atoms with van der Waals surface area (Å²) in [4.78, 5) is 12.1. The van der Waals surface area contributed by atoms with Gasteiger partial charge >= 0.3 is 6.03 Å². The smallest absolute Gasteiger partial charge is 0.315 e. The zero-order valence-corrected chi connectivity index (χ0v) is 12.2. The Labute approximate surface area is 116 Å². The van der Waals surface area contributed by atoms with Crippen molar-refractivity contribution in [3.05, 3.63) is 0 Å². The van der Waals surface area contributed by atoms with Gasteiger partial charge in [-0.25, -0.2) is 4.79 Å². The molecule has 0 bridgehead atoms. The summed E-state index contributed by atoms with van der Waals surface area (Å²) in [5.74, 6) is 1.05. The van der Waals surface area contributed by atoms with E-state index in [1.165, 1.54) is 32.1 Å². The molecular weight excluding hydrogens is 240 g/mol. The number of amides is 2. The highest BCUT2D eigenvalue weighted by atomic mass is 16.3. The fourth-order valence-electron chi connectivity index (χ4n) is 3.25. The van der Waals surface area contributed by atoms with Crippen LogP contribution < -0.4 is 10.6 Å². The Morgan fingerprint density at radius 1 is 1.26 bits per heavy atom. The average molecular weight is 268 g/mol. The summed E-state index contributed by atoms with van der Waals surface area (Å²) in [6, 6.07) is 0.101. The second kappa shape index (κ2) is 6.12. The van der Waals surface area contributed by atoms with E-state index in [9.17, 15) is 9.90 Å². The van der Waals surface area contributed by atoms with Crippen LogP contribution in [0.25, 0.3) is 0 Å². The number of carbonyl (C=O) groups is 1. The van der Waals surface area contributed by atoms with Crippen LogP contribution in [0.15, 0.2) is 0 Å². The fraction of sp³-hybridized carbons (Fsp3) is 0.933. The van der Waals surface area contributed by atoms with Gasteiger partial charge in [0.05, 0.1) is 12.1 Å². The maximum Gasteiger partial charge on any atom is 0.315 e. The monoisotopic (exact) mass is 268 g/mol. The van der Waals surface area contributed by atoms with Gasteiger partial charge in [-0.2, -0.15) is 0 Å². The first-order valence-corrected chi connectivity index (χ1v) is 7.74. The zero-order valence-electron chi connectivity index (χ0n) is 12.2. The molecule has 110 valence electrons. The van der Waals surface area contributed by atoms with Crippen molar-refractivity contribution in [2.75, 3.05) is 6.61 Å². The quantitative estimate of drug-likeness (QED) is 0.717. The SMILES string of the molecule is CC(NC(=O)NC(C)(CO)C1CC1)C1CCCCC1. The van der Waals surface area contributed by atoms with Crippen LogP contribution in [0.2, 0.25) is 0 Å². The molecular formula is C15H28N2O2. The Morgan fingerprint density at radius 3 is 2.42 bits per heavy atom. The molecule has 4 nitrogen and oxygen atoms in total. The molecule has 0 aromatic rings. The van der Waals surface area contributed by atoms with Gasteiger partial charge in [0, 0.05) is 6.04 Å². The summed E-state index contributed by atoms with van der Waals surface area (Å²) in [5, 5.41) is 15.5. The van der Waals surface area contributed by atoms with Crippen LogP contribution in [0, 0.1) is 11.8 Å². The standard InChI is InChI=1S/C15H28N2O2/c1-11(12-6-4-3-5-7-12)16-14(19)17-15(2,10-18)13-8-9-13/h11-13,18H,3-10H2,1-2H3,(H2,16,17,19). The minimum atomic E-state index is -0.448. The molecule has 2 aliphatic rings. The van der Waals surface area contributed by atoms with Crippen molar-refractivity contribution in [2.24, 2.45) is 11.8 Å². The first-order chi connectivity index (χ1) is 9.05. The molecule has 4 heteroatoms. The Morgan fingerprint density at radius 2 is 1.89 bits per heavy atom. The molecule has 2 atom stereocenters. The number of urea groups is 1. The van der Waals surface area contributed by atoms with Crippen LogP contribution in [0.1, 0.15) is 58.8 Å². The minimum absolute atomic E-state index is 0.0168. The predicted octanol–water partition coefficient (Wildman–Crippen LogP) is 2.42. The van der Waals surface area contributed by atoms with Crippen molar-refractivity contribution in [2.45, 2.75) is 70.4 Å². The molecule has 0 aromatic carbocycles. The number of nitrogens with one attached hydrogen (secondary N) is 2. The lowest BCUT2D eigenvalue weighted by molar-refractivity contribution is 0.152. The van der Waals surface area contributed by atoms with Crippen molar-refractivity contribution < 1.29 is 9.90 Å². The maximum absolute atomic E-state index is 12.1. The molecule has 0 aromatic heterocycles. The van der Waals surface area contributed by atoms with Gasteiger partial charge in [-0.05, 0) is 51.4 Å². The predicted molar refractivity (Wildman–Crippen MR) is 75.9 cm³/mol. The summed E-state index contributed by atoms with van der Waals surface area (Å²) in [6.07, 6.45) is 8.57. The molecule has 19 heavy (non-hydrogen) atoms. The molecule has 0 heterocycles. The topological polar surface area (TPSA) is 61.4 Å². The van der Waals surface area contributed by atoms with Crippen LogP contribution in [0.4, 0.5) is 4.79 Å². The Kier molecular flexibility index (Phi) is 4.71. The van der Waals surface area contributed by atoms with Gasteiger partial charge in [-0.3, -0.25) is 0 Å². The fourth-order valence-corrected chi connectivity index (χ4v) is 3.25. The third kappa shape index (κ3) is 3.85. The third-order valence-electron chi connectivity index (χ3n) is 4.92. The highest BCUT2D eigenvalue weighted by molar-refractivity contribution is 5.75. The Bertz CT molecular complexity index is 311. The highest BCUT2D eigenvalue weighted by Crippen LogP contribution is 2.39. The van der Waals surface area contributed by atoms with Gasteiger partial charge in [0.15, 0.2) is 0 Å². The van der Waals surface area contributed by atoms with Crippen LogP contribution in [-0.4, -0.2) is 29.3 Å². The molecule has 0 spiro atoms. The van der Waals surface area contributed by atoms with E-state index >= 15 is 0 Å². The lowest BCUT2D eigenvalue weighted by atomic mass is 9.84. The van der Waals surface area contributed by atoms with Gasteiger partial charge in [-0.15, -0.1) is 0 Å². The molecule has 0 aliphatic heterocycles. The number of aliphatic hydroxyl groups is 1. The molecule has 2 rings (SSSR count). The highest BCUT2D eigenvalue weighted by Gasteiger charge is 2.42. The number of rotatable bonds is 5. The second-order valence-electron chi connectivity index (χ2n) is 6.64. The van der Waals surface area contributed by atoms with Crippen LogP contribution in [0.3, 0.4) is 0 Å². The van der Waals surface area contributed by atoms with Gasteiger partial charge in [0.2, 0.25) is 0 Å². The zero-order chi connectivity index (χ0) is 13.9. The Balaban J connectivity index is 1.79. The molecule has 3 N–H and O–H groups in total. The van der Waals surface area contributed by atoms with E-state index in [1.807, 2.05) is 6.92 Å². The van der Waals surface area contributed by atoms with Crippen molar-refractivity contribution >= 4 is 6.03 Å². The summed E-state index contributed by atoms with van der Waals surface area (Å²) in [6.45, 7) is 4.06. The summed E-state index contributed by atoms with van der Waals surface area (Å²) >= 11 is 0. The van der Waals surface area contributed by atoms with Crippen molar-refractivity contribution in [1.82, 2.24) is 10.6 Å². The number of hydrogen-bond acceptors (Lipinski definition) is 2. The molecule has 0 saturated heterocycles. The van der Waals surface area contributed by atoms with Crippen molar-refractivity contribution in [3.63, 3.8) is 0 Å². The first kappa shape index (κ1) is 14.6. The van der Waals surface area contributed by atoms with Gasteiger partial charge in [0.1, 0.15) is 0 Å². The first-order valence-electron chi connectivity index (χ1n) is 7.74. The van der Waals surface area contributed by atoms with Crippen LogP contribution in [-0.2, 0) is 0 Å². The third-order valence-corrected chi connectivity index (χ3v) is 4.92. The van der Waals surface area contributed by atoms with E-state index in [-0.39, 0.29) is 18.7 Å². The number of carbonyl (C=O) groups excluding carboxylic acids is 1. The number of hydrogen-bond donors (Lipinski definition) is 3. The van der Waals surface area contributed by atoms with E-state index in [4.69, 9.17) is 0 Å². The van der Waals surface area contributed by atoms with E-state index in [0.29, 0.717) is 11.8 Å². The van der Waals surface area contributed by atoms with E-state index < -0.39 is 5.54 Å². The van der Waals surface area contributed by atoms with Gasteiger partial charge < -0.3 is 15.7 Å². The minimum Gasteiger partial charge on any atom is -0.394 e. The summed E-state index contributed by atoms with van der Waals surface area (Å²) in [7, 11) is 0. The molecule has 2 unspecified atom stereocenters.